The van der Waals surface area contributed by atoms with Gasteiger partial charge in [-0.1, -0.05) is 20.8 Å². The summed E-state index contributed by atoms with van der Waals surface area (Å²) in [6.07, 6.45) is 5.69. The molecule has 1 aliphatic carbocycles. The standard InChI is InChI=1S/C15H20O7.C13H24O2/c1-4-15(2,3)14(18)19-6-9(16)21-11-8-5-7-10(20-8)12(11)22-13(7)17;1-5-12(3,4)11(14)15-13(6-2)9-7-8-10-13/h7-8,10-12H,4-6H2,1-3H3;5-10H2,1-4H3. The van der Waals surface area contributed by atoms with Crippen molar-refractivity contribution >= 4 is 23.9 Å². The average Bonchev–Trinajstić information content (AvgIpc) is 3.62. The molecule has 2 bridgehead atoms. The average molecular weight is 525 g/mol. The van der Waals surface area contributed by atoms with Crippen molar-refractivity contribution < 1.29 is 42.9 Å². The first-order valence-corrected chi connectivity index (χ1v) is 13.7. The van der Waals surface area contributed by atoms with Crippen LogP contribution in [0.15, 0.2) is 0 Å². The number of fused-ring (bicyclic) bond motifs is 1. The van der Waals surface area contributed by atoms with Crippen molar-refractivity contribution in [2.75, 3.05) is 6.61 Å². The SMILES string of the molecule is CCC(C)(C)C(=O)OCC(=O)OC1C2CC3C(=O)OC1C3O2.CCC1(OC(=O)C(C)(C)CC)CCCC1. The molecule has 37 heavy (non-hydrogen) atoms. The van der Waals surface area contributed by atoms with Crippen LogP contribution in [0, 0.1) is 16.7 Å². The molecule has 4 aliphatic rings. The summed E-state index contributed by atoms with van der Waals surface area (Å²) in [5.74, 6) is -1.63. The van der Waals surface area contributed by atoms with E-state index in [1.165, 1.54) is 12.8 Å². The van der Waals surface area contributed by atoms with Crippen LogP contribution in [0.3, 0.4) is 0 Å². The highest BCUT2D eigenvalue weighted by Gasteiger charge is 2.65. The van der Waals surface area contributed by atoms with Crippen molar-refractivity contribution in [2.24, 2.45) is 16.7 Å². The van der Waals surface area contributed by atoms with E-state index in [9.17, 15) is 19.2 Å². The highest BCUT2D eigenvalue weighted by Crippen LogP contribution is 2.47. The van der Waals surface area contributed by atoms with Crippen LogP contribution < -0.4 is 0 Å². The van der Waals surface area contributed by atoms with Crippen LogP contribution in [0.25, 0.3) is 0 Å². The lowest BCUT2D eigenvalue weighted by Gasteiger charge is -2.32. The van der Waals surface area contributed by atoms with Gasteiger partial charge < -0.3 is 23.7 Å². The number of esters is 4. The van der Waals surface area contributed by atoms with E-state index in [-0.39, 0.29) is 41.1 Å². The van der Waals surface area contributed by atoms with Crippen LogP contribution >= 0.6 is 0 Å². The molecular formula is C28H44O9. The monoisotopic (exact) mass is 524 g/mol. The fraction of sp³-hybridized carbons (Fsp3) is 0.857. The van der Waals surface area contributed by atoms with E-state index in [0.717, 1.165) is 25.7 Å². The van der Waals surface area contributed by atoms with Gasteiger partial charge in [0.1, 0.15) is 11.7 Å². The third-order valence-electron chi connectivity index (χ3n) is 8.71. The molecule has 0 amide bonds. The molecule has 0 aromatic carbocycles. The quantitative estimate of drug-likeness (QED) is 0.322. The molecule has 210 valence electrons. The zero-order valence-corrected chi connectivity index (χ0v) is 23.4. The predicted octanol–water partition coefficient (Wildman–Crippen LogP) is 4.28. The lowest BCUT2D eigenvalue weighted by atomic mass is 9.88. The fourth-order valence-corrected chi connectivity index (χ4v) is 5.06. The number of rotatable bonds is 9. The highest BCUT2D eigenvalue weighted by atomic mass is 16.7. The number of carbonyl (C=O) groups excluding carboxylic acids is 4. The molecule has 3 heterocycles. The first-order chi connectivity index (χ1) is 17.3. The molecule has 0 aromatic rings. The molecule has 0 aromatic heterocycles. The summed E-state index contributed by atoms with van der Waals surface area (Å²) in [5, 5.41) is 0. The van der Waals surface area contributed by atoms with Gasteiger partial charge in [0.25, 0.3) is 0 Å². The van der Waals surface area contributed by atoms with Crippen molar-refractivity contribution in [3.8, 4) is 0 Å². The molecular weight excluding hydrogens is 480 g/mol. The van der Waals surface area contributed by atoms with Crippen LogP contribution in [0.2, 0.25) is 0 Å². The van der Waals surface area contributed by atoms with Crippen LogP contribution in [0.1, 0.15) is 99.8 Å². The number of hydrogen-bond donors (Lipinski definition) is 0. The minimum Gasteiger partial charge on any atom is -0.459 e. The number of carbonyl (C=O) groups is 4. The van der Waals surface area contributed by atoms with Gasteiger partial charge in [0.15, 0.2) is 18.8 Å². The van der Waals surface area contributed by atoms with E-state index < -0.39 is 36.2 Å². The summed E-state index contributed by atoms with van der Waals surface area (Å²) in [4.78, 5) is 47.2. The van der Waals surface area contributed by atoms with E-state index in [4.69, 9.17) is 23.7 Å². The Morgan fingerprint density at radius 1 is 0.946 bits per heavy atom. The van der Waals surface area contributed by atoms with Crippen LogP contribution in [0.4, 0.5) is 0 Å². The van der Waals surface area contributed by atoms with Crippen molar-refractivity contribution in [1.29, 1.82) is 0 Å². The molecule has 3 aliphatic heterocycles. The van der Waals surface area contributed by atoms with Crippen molar-refractivity contribution in [3.63, 3.8) is 0 Å². The van der Waals surface area contributed by atoms with Gasteiger partial charge in [0, 0.05) is 0 Å². The second-order valence-electron chi connectivity index (χ2n) is 12.0. The first kappa shape index (κ1) is 29.4. The van der Waals surface area contributed by atoms with Gasteiger partial charge in [0.05, 0.1) is 22.9 Å². The molecule has 0 radical (unpaired) electrons. The van der Waals surface area contributed by atoms with Crippen molar-refractivity contribution in [1.82, 2.24) is 0 Å². The molecule has 4 rings (SSSR count). The van der Waals surface area contributed by atoms with E-state index in [1.54, 1.807) is 13.8 Å². The van der Waals surface area contributed by atoms with Crippen LogP contribution in [-0.4, -0.2) is 60.5 Å². The van der Waals surface area contributed by atoms with E-state index in [2.05, 4.69) is 6.92 Å². The van der Waals surface area contributed by atoms with E-state index >= 15 is 0 Å². The Morgan fingerprint density at radius 3 is 2.11 bits per heavy atom. The molecule has 1 saturated carbocycles. The van der Waals surface area contributed by atoms with Crippen LogP contribution in [-0.2, 0) is 42.9 Å². The molecule has 0 N–H and O–H groups in total. The lowest BCUT2D eigenvalue weighted by molar-refractivity contribution is -0.172. The van der Waals surface area contributed by atoms with Gasteiger partial charge in [0.2, 0.25) is 0 Å². The zero-order valence-electron chi connectivity index (χ0n) is 23.4. The topological polar surface area (TPSA) is 114 Å². The third kappa shape index (κ3) is 6.29. The zero-order chi connectivity index (χ0) is 27.6. The summed E-state index contributed by atoms with van der Waals surface area (Å²) < 4.78 is 26.9. The van der Waals surface area contributed by atoms with Gasteiger partial charge in [-0.25, -0.2) is 4.79 Å². The summed E-state index contributed by atoms with van der Waals surface area (Å²) in [7, 11) is 0. The Balaban J connectivity index is 0.000000222. The normalized spacial score (nSPS) is 29.3. The molecule has 9 nitrogen and oxygen atoms in total. The molecule has 5 atom stereocenters. The van der Waals surface area contributed by atoms with E-state index in [0.29, 0.717) is 12.8 Å². The Kier molecular flexibility index (Phi) is 8.97. The minimum atomic E-state index is -0.652. The molecule has 0 spiro atoms. The maximum atomic E-state index is 12.0. The maximum Gasteiger partial charge on any atom is 0.344 e. The second-order valence-corrected chi connectivity index (χ2v) is 12.0. The number of hydrogen-bond acceptors (Lipinski definition) is 9. The Labute approximate surface area is 220 Å². The lowest BCUT2D eigenvalue weighted by Crippen LogP contribution is -2.41. The Bertz CT molecular complexity index is 871. The summed E-state index contributed by atoms with van der Waals surface area (Å²) in [5.41, 5.74) is -1.10. The van der Waals surface area contributed by atoms with Crippen molar-refractivity contribution in [2.45, 2.75) is 130 Å². The molecule has 9 heteroatoms. The summed E-state index contributed by atoms with van der Waals surface area (Å²) >= 11 is 0. The second kappa shape index (κ2) is 11.3. The summed E-state index contributed by atoms with van der Waals surface area (Å²) in [6, 6.07) is 0. The summed E-state index contributed by atoms with van der Waals surface area (Å²) in [6.45, 7) is 13.0. The fourth-order valence-electron chi connectivity index (χ4n) is 5.06. The van der Waals surface area contributed by atoms with Gasteiger partial charge in [-0.2, -0.15) is 0 Å². The third-order valence-corrected chi connectivity index (χ3v) is 8.71. The smallest absolute Gasteiger partial charge is 0.344 e. The molecule has 3 saturated heterocycles. The van der Waals surface area contributed by atoms with Crippen molar-refractivity contribution in [3.05, 3.63) is 0 Å². The maximum absolute atomic E-state index is 12.0. The predicted molar refractivity (Wildman–Crippen MR) is 133 cm³/mol. The van der Waals surface area contributed by atoms with Gasteiger partial charge >= 0.3 is 23.9 Å². The van der Waals surface area contributed by atoms with E-state index in [1.807, 2.05) is 27.7 Å². The molecule has 4 fully saturated rings. The van der Waals surface area contributed by atoms with Gasteiger partial charge in [-0.05, 0) is 79.1 Å². The van der Waals surface area contributed by atoms with Gasteiger partial charge in [-0.3, -0.25) is 14.4 Å². The van der Waals surface area contributed by atoms with Crippen LogP contribution in [0.5, 0.6) is 0 Å². The highest BCUT2D eigenvalue weighted by molar-refractivity contribution is 5.80. The Morgan fingerprint density at radius 2 is 1.54 bits per heavy atom. The van der Waals surface area contributed by atoms with Gasteiger partial charge in [-0.15, -0.1) is 0 Å². The number of ether oxygens (including phenoxy) is 5. The largest absolute Gasteiger partial charge is 0.459 e. The first-order valence-electron chi connectivity index (χ1n) is 13.7. The minimum absolute atomic E-state index is 0.0197. The molecule has 5 unspecified atom stereocenters. The Hall–Kier alpha value is -2.16.